The van der Waals surface area contributed by atoms with Gasteiger partial charge in [-0.3, -0.25) is 4.79 Å². The van der Waals surface area contributed by atoms with Crippen molar-refractivity contribution in [2.24, 2.45) is 5.41 Å². The quantitative estimate of drug-likeness (QED) is 0.749. The summed E-state index contributed by atoms with van der Waals surface area (Å²) in [5, 5.41) is 19.4. The summed E-state index contributed by atoms with van der Waals surface area (Å²) in [6.45, 7) is 11.3. The Labute approximate surface area is 133 Å². The molecule has 0 aromatic rings. The van der Waals surface area contributed by atoms with E-state index in [-0.39, 0.29) is 6.42 Å². The lowest BCUT2D eigenvalue weighted by Gasteiger charge is -2.35. The molecule has 1 aliphatic rings. The summed E-state index contributed by atoms with van der Waals surface area (Å²) >= 11 is 0. The van der Waals surface area contributed by atoms with E-state index in [2.05, 4.69) is 6.58 Å². The van der Waals surface area contributed by atoms with Gasteiger partial charge in [-0.05, 0) is 46.1 Å². The lowest BCUT2D eigenvalue weighted by atomic mass is 9.70. The molecule has 0 fully saturated rings. The highest BCUT2D eigenvalue weighted by Gasteiger charge is 2.42. The van der Waals surface area contributed by atoms with Gasteiger partial charge >= 0.3 is 5.97 Å². The molecule has 0 heterocycles. The van der Waals surface area contributed by atoms with E-state index in [0.717, 1.165) is 22.3 Å². The molecule has 1 rings (SSSR count). The molecule has 0 amide bonds. The van der Waals surface area contributed by atoms with Crippen LogP contribution in [0.3, 0.4) is 0 Å². The summed E-state index contributed by atoms with van der Waals surface area (Å²) in [7, 11) is 0. The topological polar surface area (TPSA) is 57.5 Å². The number of aliphatic carboxylic acids is 1. The molecule has 22 heavy (non-hydrogen) atoms. The third-order valence-corrected chi connectivity index (χ3v) is 3.96. The molecular weight excluding hydrogens is 276 g/mol. The van der Waals surface area contributed by atoms with Crippen LogP contribution in [0.15, 0.2) is 59.3 Å². The minimum absolute atomic E-state index is 0.248. The lowest BCUT2D eigenvalue weighted by molar-refractivity contribution is -0.147. The van der Waals surface area contributed by atoms with Crippen molar-refractivity contribution < 1.29 is 15.0 Å². The second-order valence-electron chi connectivity index (χ2n) is 6.34. The lowest BCUT2D eigenvalue weighted by Crippen LogP contribution is -2.37. The van der Waals surface area contributed by atoms with Gasteiger partial charge in [0.15, 0.2) is 0 Å². The van der Waals surface area contributed by atoms with Gasteiger partial charge in [-0.2, -0.15) is 0 Å². The number of carboxylic acid groups (broad SMARTS) is 1. The highest BCUT2D eigenvalue weighted by atomic mass is 16.4. The standard InChI is InChI=1S/C19H26O3/c1-13(2)7-6-8-14(3)9-10-17-15(4)11-16(20)12-19(17,5)18(21)22/h6-10,16,20H,1,11-12H2,2-5H3,(H,21,22)/b7-6+,10-9+,14-8+/t16?,19-/m0/s1. The number of hydrogen-bond acceptors (Lipinski definition) is 2. The van der Waals surface area contributed by atoms with E-state index in [1.165, 1.54) is 0 Å². The Morgan fingerprint density at radius 3 is 2.55 bits per heavy atom. The Morgan fingerprint density at radius 1 is 1.36 bits per heavy atom. The molecule has 0 spiro atoms. The first-order valence-corrected chi connectivity index (χ1v) is 7.47. The van der Waals surface area contributed by atoms with Crippen LogP contribution in [0.4, 0.5) is 0 Å². The summed E-state index contributed by atoms with van der Waals surface area (Å²) in [6.07, 6.45) is 9.77. The van der Waals surface area contributed by atoms with Gasteiger partial charge in [0.25, 0.3) is 0 Å². The third kappa shape index (κ3) is 4.57. The van der Waals surface area contributed by atoms with Crippen LogP contribution in [0, 0.1) is 5.41 Å². The first-order valence-electron chi connectivity index (χ1n) is 7.47. The summed E-state index contributed by atoms with van der Waals surface area (Å²) in [5.74, 6) is -0.894. The first kappa shape index (κ1) is 18.2. The molecule has 0 saturated heterocycles. The minimum atomic E-state index is -1.04. The van der Waals surface area contributed by atoms with Crippen LogP contribution in [0.1, 0.15) is 40.5 Å². The second-order valence-corrected chi connectivity index (χ2v) is 6.34. The van der Waals surface area contributed by atoms with E-state index in [4.69, 9.17) is 0 Å². The number of carbonyl (C=O) groups is 1. The van der Waals surface area contributed by atoms with Crippen molar-refractivity contribution in [2.75, 3.05) is 0 Å². The predicted octanol–water partition coefficient (Wildman–Crippen LogP) is 4.18. The molecule has 3 heteroatoms. The Balaban J connectivity index is 3.06. The minimum Gasteiger partial charge on any atom is -0.481 e. The first-order chi connectivity index (χ1) is 10.2. The van der Waals surface area contributed by atoms with Gasteiger partial charge < -0.3 is 10.2 Å². The van der Waals surface area contributed by atoms with Gasteiger partial charge in [-0.1, -0.05) is 53.7 Å². The fraction of sp³-hybridized carbons (Fsp3) is 0.421. The average Bonchev–Trinajstić information content (AvgIpc) is 2.36. The number of hydrogen-bond donors (Lipinski definition) is 2. The van der Waals surface area contributed by atoms with Crippen LogP contribution in [-0.4, -0.2) is 22.3 Å². The molecule has 1 unspecified atom stereocenters. The monoisotopic (exact) mass is 302 g/mol. The zero-order valence-corrected chi connectivity index (χ0v) is 13.9. The molecule has 3 nitrogen and oxygen atoms in total. The van der Waals surface area contributed by atoms with E-state index in [1.54, 1.807) is 6.92 Å². The SMILES string of the molecule is C=C(C)/C=C/C=C(C)/C=C/C1=C(C)CC(O)C[C@]1(C)C(=O)O. The Kier molecular flexibility index (Phi) is 6.12. The van der Waals surface area contributed by atoms with E-state index in [1.807, 2.05) is 51.2 Å². The van der Waals surface area contributed by atoms with E-state index >= 15 is 0 Å². The van der Waals surface area contributed by atoms with Crippen molar-refractivity contribution in [3.63, 3.8) is 0 Å². The number of carboxylic acids is 1. The third-order valence-electron chi connectivity index (χ3n) is 3.96. The normalized spacial score (nSPS) is 27.0. The maximum absolute atomic E-state index is 11.7. The molecule has 0 saturated carbocycles. The van der Waals surface area contributed by atoms with Crippen LogP contribution >= 0.6 is 0 Å². The molecular formula is C19H26O3. The van der Waals surface area contributed by atoms with E-state index in [0.29, 0.717) is 6.42 Å². The number of rotatable bonds is 5. The maximum Gasteiger partial charge on any atom is 0.313 e. The van der Waals surface area contributed by atoms with E-state index in [9.17, 15) is 15.0 Å². The van der Waals surface area contributed by atoms with Crippen molar-refractivity contribution in [2.45, 2.75) is 46.6 Å². The predicted molar refractivity (Wildman–Crippen MR) is 90.5 cm³/mol. The van der Waals surface area contributed by atoms with Crippen LogP contribution < -0.4 is 0 Å². The van der Waals surface area contributed by atoms with Crippen LogP contribution in [0.25, 0.3) is 0 Å². The summed E-state index contributed by atoms with van der Waals surface area (Å²) in [5.41, 5.74) is 2.70. The number of aliphatic hydroxyl groups excluding tert-OH is 1. The van der Waals surface area contributed by atoms with Crippen molar-refractivity contribution in [1.29, 1.82) is 0 Å². The molecule has 0 radical (unpaired) electrons. The molecule has 2 atom stereocenters. The Bertz CT molecular complexity index is 575. The summed E-state index contributed by atoms with van der Waals surface area (Å²) in [6, 6.07) is 0. The van der Waals surface area contributed by atoms with Gasteiger partial charge in [-0.15, -0.1) is 0 Å². The van der Waals surface area contributed by atoms with Gasteiger partial charge in [-0.25, -0.2) is 0 Å². The highest BCUT2D eigenvalue weighted by Crippen LogP contribution is 2.41. The Hall–Kier alpha value is -1.87. The van der Waals surface area contributed by atoms with Crippen LogP contribution in [0.5, 0.6) is 0 Å². The van der Waals surface area contributed by atoms with Crippen LogP contribution in [0.2, 0.25) is 0 Å². The van der Waals surface area contributed by atoms with E-state index < -0.39 is 17.5 Å². The molecule has 120 valence electrons. The fourth-order valence-corrected chi connectivity index (χ4v) is 2.75. The largest absolute Gasteiger partial charge is 0.481 e. The van der Waals surface area contributed by atoms with Crippen molar-refractivity contribution in [1.82, 2.24) is 0 Å². The zero-order valence-electron chi connectivity index (χ0n) is 13.9. The van der Waals surface area contributed by atoms with Gasteiger partial charge in [0, 0.05) is 0 Å². The molecule has 0 aromatic carbocycles. The fourth-order valence-electron chi connectivity index (χ4n) is 2.75. The summed E-state index contributed by atoms with van der Waals surface area (Å²) in [4.78, 5) is 11.7. The van der Waals surface area contributed by atoms with Gasteiger partial charge in [0.1, 0.15) is 0 Å². The zero-order chi connectivity index (χ0) is 16.9. The smallest absolute Gasteiger partial charge is 0.313 e. The Morgan fingerprint density at radius 2 is 2.00 bits per heavy atom. The highest BCUT2D eigenvalue weighted by molar-refractivity contribution is 5.80. The molecule has 0 bridgehead atoms. The summed E-state index contributed by atoms with van der Waals surface area (Å²) < 4.78 is 0. The number of allylic oxidation sites excluding steroid dienone is 7. The average molecular weight is 302 g/mol. The van der Waals surface area contributed by atoms with Crippen LogP contribution in [-0.2, 0) is 4.79 Å². The van der Waals surface area contributed by atoms with Gasteiger partial charge in [0.2, 0.25) is 0 Å². The molecule has 0 aliphatic heterocycles. The molecule has 1 aliphatic carbocycles. The van der Waals surface area contributed by atoms with Crippen molar-refractivity contribution >= 4 is 5.97 Å². The van der Waals surface area contributed by atoms with Crippen molar-refractivity contribution in [3.8, 4) is 0 Å². The molecule has 2 N–H and O–H groups in total. The number of aliphatic hydroxyl groups is 1. The van der Waals surface area contributed by atoms with Gasteiger partial charge in [0.05, 0.1) is 11.5 Å². The maximum atomic E-state index is 11.7. The second kappa shape index (κ2) is 7.41. The van der Waals surface area contributed by atoms with Crippen molar-refractivity contribution in [3.05, 3.63) is 59.3 Å². The molecule has 0 aromatic heterocycles.